The third-order valence-electron chi connectivity index (χ3n) is 4.19. The summed E-state index contributed by atoms with van der Waals surface area (Å²) >= 11 is 0. The standard InChI is InChI=1S/C13H27NO2S/c1-5-17(15,16)10-9-14(4)13-11(2)7-6-8-12(13)3/h11-13H,5-10H2,1-4H3/t11-,12-/m1/s1. The SMILES string of the molecule is CCS(=O)(=O)CCN(C)C1[C@H](C)CCC[C@H]1C. The number of hydrogen-bond donors (Lipinski definition) is 0. The molecule has 0 heterocycles. The van der Waals surface area contributed by atoms with Gasteiger partial charge in [0.15, 0.2) is 9.84 Å². The summed E-state index contributed by atoms with van der Waals surface area (Å²) in [5.74, 6) is 1.94. The Morgan fingerprint density at radius 2 is 1.71 bits per heavy atom. The second-order valence-corrected chi connectivity index (χ2v) is 8.07. The molecule has 1 rings (SSSR count). The summed E-state index contributed by atoms with van der Waals surface area (Å²) in [7, 11) is -0.752. The van der Waals surface area contributed by atoms with E-state index in [1.54, 1.807) is 6.92 Å². The third-order valence-corrected chi connectivity index (χ3v) is 5.87. The van der Waals surface area contributed by atoms with Crippen molar-refractivity contribution < 1.29 is 8.42 Å². The van der Waals surface area contributed by atoms with Gasteiger partial charge in [-0.25, -0.2) is 8.42 Å². The highest BCUT2D eigenvalue weighted by atomic mass is 32.2. The lowest BCUT2D eigenvalue weighted by Gasteiger charge is -2.40. The van der Waals surface area contributed by atoms with Crippen LogP contribution < -0.4 is 0 Å². The van der Waals surface area contributed by atoms with E-state index in [4.69, 9.17) is 0 Å². The highest BCUT2D eigenvalue weighted by molar-refractivity contribution is 7.91. The Hall–Kier alpha value is -0.0900. The van der Waals surface area contributed by atoms with Gasteiger partial charge in [-0.1, -0.05) is 27.2 Å². The number of nitrogens with zero attached hydrogens (tertiary/aromatic N) is 1. The van der Waals surface area contributed by atoms with Crippen molar-refractivity contribution in [1.82, 2.24) is 4.90 Å². The molecule has 2 atom stereocenters. The largest absolute Gasteiger partial charge is 0.302 e. The highest BCUT2D eigenvalue weighted by Crippen LogP contribution is 2.31. The Morgan fingerprint density at radius 3 is 2.18 bits per heavy atom. The minimum Gasteiger partial charge on any atom is -0.302 e. The molecule has 1 aliphatic rings. The Balaban J connectivity index is 2.53. The zero-order valence-electron chi connectivity index (χ0n) is 11.6. The molecular formula is C13H27NO2S. The van der Waals surface area contributed by atoms with Crippen LogP contribution in [0.1, 0.15) is 40.0 Å². The maximum atomic E-state index is 11.5. The zero-order chi connectivity index (χ0) is 13.1. The predicted molar refractivity (Wildman–Crippen MR) is 72.9 cm³/mol. The lowest BCUT2D eigenvalue weighted by atomic mass is 9.78. The number of hydrogen-bond acceptors (Lipinski definition) is 3. The molecule has 17 heavy (non-hydrogen) atoms. The Bertz CT molecular complexity index is 316. The Kier molecular flexibility index (Phi) is 5.45. The van der Waals surface area contributed by atoms with Crippen LogP contribution in [0.15, 0.2) is 0 Å². The first kappa shape index (κ1) is 15.0. The molecule has 1 aliphatic carbocycles. The van der Waals surface area contributed by atoms with Gasteiger partial charge in [0.1, 0.15) is 0 Å². The van der Waals surface area contributed by atoms with E-state index >= 15 is 0 Å². The van der Waals surface area contributed by atoms with Gasteiger partial charge in [-0.05, 0) is 31.7 Å². The minimum absolute atomic E-state index is 0.261. The van der Waals surface area contributed by atoms with Crippen LogP contribution in [-0.4, -0.2) is 44.5 Å². The van der Waals surface area contributed by atoms with Crippen molar-refractivity contribution in [2.24, 2.45) is 11.8 Å². The summed E-state index contributed by atoms with van der Waals surface area (Å²) in [6, 6.07) is 0.552. The van der Waals surface area contributed by atoms with E-state index in [1.807, 2.05) is 0 Å². The van der Waals surface area contributed by atoms with Gasteiger partial charge in [-0.15, -0.1) is 0 Å². The highest BCUT2D eigenvalue weighted by Gasteiger charge is 2.30. The predicted octanol–water partition coefficient (Wildman–Crippen LogP) is 2.18. The second kappa shape index (κ2) is 6.19. The van der Waals surface area contributed by atoms with Gasteiger partial charge in [-0.3, -0.25) is 0 Å². The normalized spacial score (nSPS) is 27.6. The molecule has 0 radical (unpaired) electrons. The van der Waals surface area contributed by atoms with Crippen LogP contribution in [0.3, 0.4) is 0 Å². The van der Waals surface area contributed by atoms with E-state index in [0.717, 1.165) is 0 Å². The molecule has 0 spiro atoms. The molecule has 0 amide bonds. The van der Waals surface area contributed by atoms with Crippen molar-refractivity contribution in [3.8, 4) is 0 Å². The average Bonchev–Trinajstić information content (AvgIpc) is 2.26. The number of sulfone groups is 1. The van der Waals surface area contributed by atoms with Crippen LogP contribution in [0.2, 0.25) is 0 Å². The van der Waals surface area contributed by atoms with Gasteiger partial charge in [0.25, 0.3) is 0 Å². The minimum atomic E-state index is -2.83. The molecule has 1 saturated carbocycles. The van der Waals surface area contributed by atoms with Crippen molar-refractivity contribution in [2.75, 3.05) is 25.1 Å². The van der Waals surface area contributed by atoms with Gasteiger partial charge in [0.05, 0.1) is 5.75 Å². The molecule has 0 aliphatic heterocycles. The summed E-state index contributed by atoms with van der Waals surface area (Å²) in [5.41, 5.74) is 0. The molecule has 4 heteroatoms. The van der Waals surface area contributed by atoms with Gasteiger partial charge in [-0.2, -0.15) is 0 Å². The summed E-state index contributed by atoms with van der Waals surface area (Å²) in [4.78, 5) is 2.27. The second-order valence-electron chi connectivity index (χ2n) is 5.59. The topological polar surface area (TPSA) is 37.4 Å². The zero-order valence-corrected chi connectivity index (χ0v) is 12.5. The Morgan fingerprint density at radius 1 is 1.18 bits per heavy atom. The molecular weight excluding hydrogens is 234 g/mol. The van der Waals surface area contributed by atoms with E-state index < -0.39 is 9.84 Å². The molecule has 102 valence electrons. The molecule has 1 fully saturated rings. The van der Waals surface area contributed by atoms with Crippen molar-refractivity contribution in [2.45, 2.75) is 46.1 Å². The van der Waals surface area contributed by atoms with Crippen molar-refractivity contribution >= 4 is 9.84 Å². The molecule has 3 nitrogen and oxygen atoms in total. The van der Waals surface area contributed by atoms with Crippen LogP contribution in [0.5, 0.6) is 0 Å². The Labute approximate surface area is 106 Å². The van der Waals surface area contributed by atoms with Gasteiger partial charge >= 0.3 is 0 Å². The van der Waals surface area contributed by atoms with Gasteiger partial charge in [0, 0.05) is 18.3 Å². The first-order chi connectivity index (χ1) is 7.87. The summed E-state index contributed by atoms with van der Waals surface area (Å²) in [6.07, 6.45) is 3.87. The van der Waals surface area contributed by atoms with Crippen molar-refractivity contribution in [3.63, 3.8) is 0 Å². The van der Waals surface area contributed by atoms with E-state index in [-0.39, 0.29) is 5.75 Å². The third kappa shape index (κ3) is 4.25. The summed E-state index contributed by atoms with van der Waals surface area (Å²) in [5, 5.41) is 0. The molecule has 0 N–H and O–H groups in total. The first-order valence-corrected chi connectivity index (χ1v) is 8.60. The molecule has 0 aromatic rings. The fraction of sp³-hybridized carbons (Fsp3) is 1.00. The van der Waals surface area contributed by atoms with Crippen LogP contribution in [-0.2, 0) is 9.84 Å². The molecule has 0 aromatic heterocycles. The van der Waals surface area contributed by atoms with Crippen LogP contribution in [0.25, 0.3) is 0 Å². The molecule has 0 saturated heterocycles. The summed E-state index contributed by atoms with van der Waals surface area (Å²) < 4.78 is 23.0. The maximum Gasteiger partial charge on any atom is 0.151 e. The van der Waals surface area contributed by atoms with E-state index in [0.29, 0.717) is 30.2 Å². The number of rotatable bonds is 5. The fourth-order valence-corrected chi connectivity index (χ4v) is 3.96. The van der Waals surface area contributed by atoms with Gasteiger partial charge < -0.3 is 4.90 Å². The van der Waals surface area contributed by atoms with E-state index in [9.17, 15) is 8.42 Å². The first-order valence-electron chi connectivity index (χ1n) is 6.78. The van der Waals surface area contributed by atoms with E-state index in [1.165, 1.54) is 19.3 Å². The molecule has 0 bridgehead atoms. The van der Waals surface area contributed by atoms with Crippen LogP contribution in [0, 0.1) is 11.8 Å². The van der Waals surface area contributed by atoms with Crippen LogP contribution >= 0.6 is 0 Å². The lowest BCUT2D eigenvalue weighted by Crippen LogP contribution is -2.45. The van der Waals surface area contributed by atoms with Gasteiger partial charge in [0.2, 0.25) is 0 Å². The maximum absolute atomic E-state index is 11.5. The monoisotopic (exact) mass is 261 g/mol. The van der Waals surface area contributed by atoms with Crippen LogP contribution in [0.4, 0.5) is 0 Å². The summed E-state index contributed by atoms with van der Waals surface area (Å²) in [6.45, 7) is 6.99. The quantitative estimate of drug-likeness (QED) is 0.761. The smallest absolute Gasteiger partial charge is 0.151 e. The lowest BCUT2D eigenvalue weighted by molar-refractivity contribution is 0.0967. The fourth-order valence-electron chi connectivity index (χ4n) is 3.11. The average molecular weight is 261 g/mol. The van der Waals surface area contributed by atoms with E-state index in [2.05, 4.69) is 25.8 Å². The van der Waals surface area contributed by atoms with Crippen molar-refractivity contribution in [1.29, 1.82) is 0 Å². The van der Waals surface area contributed by atoms with Crippen molar-refractivity contribution in [3.05, 3.63) is 0 Å². The molecule has 0 unspecified atom stereocenters. The molecule has 0 aromatic carbocycles.